The highest BCUT2D eigenvalue weighted by atomic mass is 79.9. The van der Waals surface area contributed by atoms with E-state index in [2.05, 4.69) is 29.1 Å². The summed E-state index contributed by atoms with van der Waals surface area (Å²) >= 11 is 11.8. The summed E-state index contributed by atoms with van der Waals surface area (Å²) in [5.41, 5.74) is 0.519. The van der Waals surface area contributed by atoms with E-state index in [1.165, 1.54) is 17.8 Å². The van der Waals surface area contributed by atoms with Gasteiger partial charge < -0.3 is 19.6 Å². The lowest BCUT2D eigenvalue weighted by molar-refractivity contribution is -0.153. The van der Waals surface area contributed by atoms with Crippen LogP contribution in [0.25, 0.3) is 0 Å². The van der Waals surface area contributed by atoms with Crippen molar-refractivity contribution in [3.8, 4) is 0 Å². The maximum absolute atomic E-state index is 14.6. The van der Waals surface area contributed by atoms with Crippen molar-refractivity contribution in [1.82, 2.24) is 4.90 Å². The SMILES string of the molecule is C=CCOC(=O)[C@H]1[C@H]2C(=O)N([C@@H](CO)[C@@H](C)CC)C(C(=O)N(CC=C)c3ccccc3Cl)C23CC(Br)[C@@H]1S3. The molecule has 0 radical (unpaired) electrons. The summed E-state index contributed by atoms with van der Waals surface area (Å²) in [6, 6.07) is 5.57. The summed E-state index contributed by atoms with van der Waals surface area (Å²) in [5.74, 6) is -2.57. The standard InChI is InChI=1S/C28H34BrClN2O5S/c1-5-12-31(19-11-9-8-10-18(19)30)26(35)24-28-14-17(29)23(38-28)21(27(36)37-13-6-2)22(28)25(34)32(24)20(15-33)16(4)7-3/h5-6,8-11,16-17,20-24,33H,1-2,7,12-15H2,3-4H3/t16-,17?,20-,21-,22-,23-,24?,28?/m0/s1. The van der Waals surface area contributed by atoms with Crippen LogP contribution in [-0.2, 0) is 19.1 Å². The first-order valence-electron chi connectivity index (χ1n) is 12.9. The second-order valence-corrected chi connectivity index (χ2v) is 13.3. The Morgan fingerprint density at radius 2 is 2.08 bits per heavy atom. The maximum Gasteiger partial charge on any atom is 0.311 e. The van der Waals surface area contributed by atoms with Gasteiger partial charge in [-0.2, -0.15) is 0 Å². The van der Waals surface area contributed by atoms with Crippen molar-refractivity contribution in [3.63, 3.8) is 0 Å². The third-order valence-corrected chi connectivity index (χ3v) is 11.7. The van der Waals surface area contributed by atoms with E-state index in [-0.39, 0.29) is 47.6 Å². The molecule has 0 aliphatic carbocycles. The van der Waals surface area contributed by atoms with Crippen LogP contribution < -0.4 is 4.90 Å². The van der Waals surface area contributed by atoms with Crippen molar-refractivity contribution in [2.45, 2.75) is 53.6 Å². The molecule has 2 amide bonds. The fourth-order valence-corrected chi connectivity index (χ4v) is 10.1. The highest BCUT2D eigenvalue weighted by Gasteiger charge is 2.77. The van der Waals surface area contributed by atoms with Crippen LogP contribution in [0.1, 0.15) is 26.7 Å². The molecule has 3 saturated heterocycles. The first kappa shape index (κ1) is 29.2. The van der Waals surface area contributed by atoms with Crippen LogP contribution in [0.4, 0.5) is 5.69 Å². The summed E-state index contributed by atoms with van der Waals surface area (Å²) in [7, 11) is 0. The van der Waals surface area contributed by atoms with Crippen LogP contribution in [0.3, 0.4) is 0 Å². The molecule has 1 N–H and O–H groups in total. The Balaban J connectivity index is 1.87. The quantitative estimate of drug-likeness (QED) is 0.222. The summed E-state index contributed by atoms with van der Waals surface area (Å²) < 4.78 is 4.58. The lowest BCUT2D eigenvalue weighted by atomic mass is 9.71. The van der Waals surface area contributed by atoms with E-state index in [9.17, 15) is 19.5 Å². The van der Waals surface area contributed by atoms with Gasteiger partial charge in [-0.25, -0.2) is 0 Å². The van der Waals surface area contributed by atoms with Gasteiger partial charge in [0.2, 0.25) is 5.91 Å². The number of nitrogens with zero attached hydrogens (tertiary/aromatic N) is 2. The number of amides is 2. The smallest absolute Gasteiger partial charge is 0.311 e. The van der Waals surface area contributed by atoms with E-state index < -0.39 is 34.6 Å². The number of carbonyl (C=O) groups excluding carboxylic acids is 3. The number of aliphatic hydroxyl groups is 1. The Hall–Kier alpha value is -1.81. The number of benzene rings is 1. The number of rotatable bonds is 11. The fourth-order valence-electron chi connectivity index (χ4n) is 6.28. The van der Waals surface area contributed by atoms with Gasteiger partial charge in [-0.05, 0) is 24.5 Å². The van der Waals surface area contributed by atoms with Crippen molar-refractivity contribution < 1.29 is 24.2 Å². The molecule has 3 aliphatic rings. The monoisotopic (exact) mass is 624 g/mol. The van der Waals surface area contributed by atoms with E-state index in [4.69, 9.17) is 16.3 Å². The molecule has 3 unspecified atom stereocenters. The van der Waals surface area contributed by atoms with Gasteiger partial charge in [0.25, 0.3) is 5.91 Å². The van der Waals surface area contributed by atoms with Gasteiger partial charge >= 0.3 is 5.97 Å². The molecule has 4 rings (SSSR count). The molecule has 0 aromatic heterocycles. The van der Waals surface area contributed by atoms with E-state index in [1.54, 1.807) is 40.1 Å². The van der Waals surface area contributed by atoms with Gasteiger partial charge in [0.1, 0.15) is 12.6 Å². The maximum atomic E-state index is 14.6. The Kier molecular flexibility index (Phi) is 9.02. The number of fused-ring (bicyclic) bond motifs is 1. The number of carbonyl (C=O) groups is 3. The zero-order valence-corrected chi connectivity index (χ0v) is 24.8. The minimum absolute atomic E-state index is 0.0470. The Bertz CT molecular complexity index is 1120. The average molecular weight is 626 g/mol. The van der Waals surface area contributed by atoms with Crippen LogP contribution in [0.2, 0.25) is 5.02 Å². The number of para-hydroxylation sites is 1. The van der Waals surface area contributed by atoms with Gasteiger partial charge in [0.05, 0.1) is 39.9 Å². The molecule has 1 spiro atoms. The minimum atomic E-state index is -0.908. The highest BCUT2D eigenvalue weighted by Crippen LogP contribution is 2.68. The van der Waals surface area contributed by atoms with Crippen molar-refractivity contribution in [1.29, 1.82) is 0 Å². The Morgan fingerprint density at radius 1 is 1.37 bits per heavy atom. The molecule has 3 heterocycles. The molecule has 2 bridgehead atoms. The predicted octanol–water partition coefficient (Wildman–Crippen LogP) is 4.46. The zero-order valence-electron chi connectivity index (χ0n) is 21.6. The molecule has 1 aromatic rings. The van der Waals surface area contributed by atoms with Gasteiger partial charge in [-0.3, -0.25) is 14.4 Å². The normalized spacial score (nSPS) is 31.0. The molecule has 7 nitrogen and oxygen atoms in total. The van der Waals surface area contributed by atoms with Crippen LogP contribution in [0, 0.1) is 17.8 Å². The largest absolute Gasteiger partial charge is 0.461 e. The lowest BCUT2D eigenvalue weighted by Gasteiger charge is -2.41. The number of alkyl halides is 1. The minimum Gasteiger partial charge on any atom is -0.461 e. The molecule has 10 heteroatoms. The molecule has 8 atom stereocenters. The predicted molar refractivity (Wildman–Crippen MR) is 155 cm³/mol. The third-order valence-electron chi connectivity index (χ3n) is 8.14. The van der Waals surface area contributed by atoms with E-state index in [1.807, 2.05) is 13.8 Å². The molecule has 38 heavy (non-hydrogen) atoms. The molecule has 0 saturated carbocycles. The number of esters is 1. The highest BCUT2D eigenvalue weighted by molar-refractivity contribution is 9.09. The zero-order chi connectivity index (χ0) is 27.8. The number of thioether (sulfide) groups is 1. The number of aliphatic hydroxyl groups excluding tert-OH is 1. The average Bonchev–Trinajstić information content (AvgIpc) is 3.50. The first-order chi connectivity index (χ1) is 18.2. The molecule has 3 fully saturated rings. The second kappa shape index (κ2) is 11.7. The van der Waals surface area contributed by atoms with Gasteiger partial charge in [0, 0.05) is 16.6 Å². The first-order valence-corrected chi connectivity index (χ1v) is 15.0. The van der Waals surface area contributed by atoms with E-state index in [0.29, 0.717) is 23.6 Å². The van der Waals surface area contributed by atoms with Crippen LogP contribution >= 0.6 is 39.3 Å². The van der Waals surface area contributed by atoms with Crippen LogP contribution in [-0.4, -0.2) is 74.5 Å². The molecule has 206 valence electrons. The summed E-state index contributed by atoms with van der Waals surface area (Å²) in [6.45, 7) is 11.4. The second-order valence-electron chi connectivity index (χ2n) is 10.2. The van der Waals surface area contributed by atoms with Crippen molar-refractivity contribution in [2.24, 2.45) is 17.8 Å². The molecular formula is C28H34BrClN2O5S. The lowest BCUT2D eigenvalue weighted by Crippen LogP contribution is -2.59. The van der Waals surface area contributed by atoms with E-state index in [0.717, 1.165) is 0 Å². The van der Waals surface area contributed by atoms with Crippen LogP contribution in [0.5, 0.6) is 0 Å². The Labute approximate surface area is 241 Å². The number of ether oxygens (including phenoxy) is 1. The molecule has 1 aromatic carbocycles. The molecule has 3 aliphatic heterocycles. The van der Waals surface area contributed by atoms with Gasteiger partial charge in [0.15, 0.2) is 0 Å². The summed E-state index contributed by atoms with van der Waals surface area (Å²) in [5, 5.41) is 10.7. The molecular weight excluding hydrogens is 592 g/mol. The summed E-state index contributed by atoms with van der Waals surface area (Å²) in [6.07, 6.45) is 4.35. The fraction of sp³-hybridized carbons (Fsp3) is 0.536. The van der Waals surface area contributed by atoms with Gasteiger partial charge in [-0.1, -0.05) is 78.7 Å². The van der Waals surface area contributed by atoms with Crippen LogP contribution in [0.15, 0.2) is 49.6 Å². The van der Waals surface area contributed by atoms with Gasteiger partial charge in [-0.15, -0.1) is 18.3 Å². The third kappa shape index (κ3) is 4.63. The summed E-state index contributed by atoms with van der Waals surface area (Å²) in [4.78, 5) is 45.3. The Morgan fingerprint density at radius 3 is 2.68 bits per heavy atom. The number of likely N-dealkylation sites (tertiary alicyclic amines) is 1. The van der Waals surface area contributed by atoms with Crippen molar-refractivity contribution in [3.05, 3.63) is 54.6 Å². The number of hydrogen-bond acceptors (Lipinski definition) is 6. The topological polar surface area (TPSA) is 87.1 Å². The number of hydrogen-bond donors (Lipinski definition) is 1. The van der Waals surface area contributed by atoms with E-state index >= 15 is 0 Å². The van der Waals surface area contributed by atoms with Crippen molar-refractivity contribution >= 4 is 62.8 Å². The number of halogens is 2. The number of anilines is 1. The van der Waals surface area contributed by atoms with Crippen molar-refractivity contribution in [2.75, 3.05) is 24.7 Å².